The minimum absolute atomic E-state index is 0.239. The van der Waals surface area contributed by atoms with Crippen molar-refractivity contribution in [3.63, 3.8) is 0 Å². The van der Waals surface area contributed by atoms with Gasteiger partial charge in [0.15, 0.2) is 5.96 Å². The van der Waals surface area contributed by atoms with E-state index in [1.165, 1.54) is 29.1 Å². The lowest BCUT2D eigenvalue weighted by molar-refractivity contribution is 0.146. The van der Waals surface area contributed by atoms with Gasteiger partial charge in [-0.1, -0.05) is 6.42 Å². The monoisotopic (exact) mass is 389 g/mol. The van der Waals surface area contributed by atoms with Gasteiger partial charge in [-0.25, -0.2) is 4.98 Å². The summed E-state index contributed by atoms with van der Waals surface area (Å²) in [6.07, 6.45) is 6.52. The van der Waals surface area contributed by atoms with Crippen molar-refractivity contribution < 1.29 is 4.42 Å². The third kappa shape index (κ3) is 5.56. The maximum atomic E-state index is 5.72. The average molecular weight is 390 g/mol. The zero-order valence-corrected chi connectivity index (χ0v) is 17.4. The second-order valence-corrected chi connectivity index (χ2v) is 8.29. The lowest BCUT2D eigenvalue weighted by atomic mass is 10.1. The Morgan fingerprint density at radius 3 is 2.74 bits per heavy atom. The van der Waals surface area contributed by atoms with Crippen LogP contribution in [0.3, 0.4) is 0 Å². The predicted molar refractivity (Wildman–Crippen MR) is 112 cm³/mol. The van der Waals surface area contributed by atoms with Crippen LogP contribution in [0.2, 0.25) is 0 Å². The second kappa shape index (κ2) is 9.90. The van der Waals surface area contributed by atoms with Crippen molar-refractivity contribution in [1.29, 1.82) is 0 Å². The first-order valence-corrected chi connectivity index (χ1v) is 10.6. The number of piperidine rings is 1. The van der Waals surface area contributed by atoms with E-state index in [9.17, 15) is 0 Å². The first-order chi connectivity index (χ1) is 13.2. The van der Waals surface area contributed by atoms with Gasteiger partial charge in [0.05, 0.1) is 23.0 Å². The summed E-state index contributed by atoms with van der Waals surface area (Å²) in [5.41, 5.74) is 1.14. The van der Waals surface area contributed by atoms with E-state index in [0.29, 0.717) is 0 Å². The van der Waals surface area contributed by atoms with E-state index in [0.717, 1.165) is 50.0 Å². The molecule has 1 unspecified atom stereocenters. The van der Waals surface area contributed by atoms with E-state index in [-0.39, 0.29) is 6.04 Å². The number of hydrogen-bond donors (Lipinski definition) is 2. The molecule has 148 valence electrons. The quantitative estimate of drug-likeness (QED) is 0.562. The van der Waals surface area contributed by atoms with Crippen molar-refractivity contribution in [3.05, 3.63) is 39.7 Å². The number of aromatic nitrogens is 1. The van der Waals surface area contributed by atoms with Gasteiger partial charge >= 0.3 is 0 Å². The van der Waals surface area contributed by atoms with E-state index in [1.807, 2.05) is 13.1 Å². The van der Waals surface area contributed by atoms with Gasteiger partial charge in [0.1, 0.15) is 5.76 Å². The summed E-state index contributed by atoms with van der Waals surface area (Å²) in [6.45, 7) is 8.05. The molecule has 1 aliphatic heterocycles. The van der Waals surface area contributed by atoms with Crippen molar-refractivity contribution in [3.8, 4) is 0 Å². The molecule has 0 saturated carbocycles. The highest BCUT2D eigenvalue weighted by Gasteiger charge is 2.24. The van der Waals surface area contributed by atoms with E-state index in [4.69, 9.17) is 4.42 Å². The Labute approximate surface area is 166 Å². The lowest BCUT2D eigenvalue weighted by Crippen LogP contribution is -2.44. The second-order valence-electron chi connectivity index (χ2n) is 7.01. The molecule has 0 aliphatic carbocycles. The Balaban J connectivity index is 1.51. The van der Waals surface area contributed by atoms with Crippen LogP contribution >= 0.6 is 11.3 Å². The van der Waals surface area contributed by atoms with Gasteiger partial charge in [-0.15, -0.1) is 11.3 Å². The SMILES string of the molecule is CN=C(NCCc1nc(C)c(C)s1)NCC(c1ccco1)N1CCCCC1. The molecule has 7 heteroatoms. The highest BCUT2D eigenvalue weighted by molar-refractivity contribution is 7.11. The van der Waals surface area contributed by atoms with E-state index in [1.54, 1.807) is 17.6 Å². The predicted octanol–water partition coefficient (Wildman–Crippen LogP) is 3.29. The van der Waals surface area contributed by atoms with Gasteiger partial charge in [0.25, 0.3) is 0 Å². The topological polar surface area (TPSA) is 65.7 Å². The van der Waals surface area contributed by atoms with Crippen molar-refractivity contribution in [2.75, 3.05) is 33.2 Å². The highest BCUT2D eigenvalue weighted by Crippen LogP contribution is 2.24. The first kappa shape index (κ1) is 19.9. The number of hydrogen-bond acceptors (Lipinski definition) is 5. The van der Waals surface area contributed by atoms with Crippen LogP contribution in [0.1, 0.15) is 46.6 Å². The first-order valence-electron chi connectivity index (χ1n) is 9.82. The third-order valence-electron chi connectivity index (χ3n) is 5.09. The normalized spacial score (nSPS) is 17.1. The number of thiazole rings is 1. The minimum atomic E-state index is 0.239. The molecule has 1 saturated heterocycles. The highest BCUT2D eigenvalue weighted by atomic mass is 32.1. The summed E-state index contributed by atoms with van der Waals surface area (Å²) in [5.74, 6) is 1.85. The number of guanidine groups is 1. The van der Waals surface area contributed by atoms with E-state index in [2.05, 4.69) is 45.4 Å². The molecular weight excluding hydrogens is 358 g/mol. The molecule has 2 aromatic rings. The lowest BCUT2D eigenvalue weighted by Gasteiger charge is -2.33. The molecule has 27 heavy (non-hydrogen) atoms. The van der Waals surface area contributed by atoms with Crippen LogP contribution in [0.5, 0.6) is 0 Å². The van der Waals surface area contributed by atoms with Crippen molar-refractivity contribution in [2.24, 2.45) is 4.99 Å². The molecule has 1 atom stereocenters. The number of rotatable bonds is 7. The van der Waals surface area contributed by atoms with Gasteiger partial charge in [-0.2, -0.15) is 0 Å². The molecule has 0 spiro atoms. The molecule has 2 N–H and O–H groups in total. The molecule has 0 amide bonds. The van der Waals surface area contributed by atoms with Crippen molar-refractivity contribution in [2.45, 2.75) is 45.6 Å². The van der Waals surface area contributed by atoms with Crippen LogP contribution in [0.4, 0.5) is 0 Å². The zero-order chi connectivity index (χ0) is 19.1. The van der Waals surface area contributed by atoms with Gasteiger partial charge in [0.2, 0.25) is 0 Å². The maximum Gasteiger partial charge on any atom is 0.191 e. The number of aliphatic imine (C=N–C) groups is 1. The summed E-state index contributed by atoms with van der Waals surface area (Å²) in [5, 5.41) is 8.06. The fraction of sp³-hybridized carbons (Fsp3) is 0.600. The van der Waals surface area contributed by atoms with Crippen molar-refractivity contribution in [1.82, 2.24) is 20.5 Å². The number of likely N-dealkylation sites (tertiary alicyclic amines) is 1. The zero-order valence-electron chi connectivity index (χ0n) is 16.6. The molecular formula is C20H31N5OS. The van der Waals surface area contributed by atoms with Crippen LogP contribution in [0.15, 0.2) is 27.8 Å². The number of furan rings is 1. The average Bonchev–Trinajstić information content (AvgIpc) is 3.32. The Bertz CT molecular complexity index is 699. The Morgan fingerprint density at radius 1 is 1.30 bits per heavy atom. The van der Waals surface area contributed by atoms with Gasteiger partial charge in [0, 0.05) is 31.4 Å². The smallest absolute Gasteiger partial charge is 0.191 e. The maximum absolute atomic E-state index is 5.72. The molecule has 3 rings (SSSR count). The Hall–Kier alpha value is -1.86. The van der Waals surface area contributed by atoms with Crippen molar-refractivity contribution >= 4 is 17.3 Å². The molecule has 0 radical (unpaired) electrons. The largest absolute Gasteiger partial charge is 0.468 e. The molecule has 1 aliphatic rings. The van der Waals surface area contributed by atoms with Crippen LogP contribution in [0, 0.1) is 13.8 Å². The third-order valence-corrected chi connectivity index (χ3v) is 6.23. The van der Waals surface area contributed by atoms with Crippen LogP contribution in [0.25, 0.3) is 0 Å². The summed E-state index contributed by atoms with van der Waals surface area (Å²) >= 11 is 1.78. The summed E-state index contributed by atoms with van der Waals surface area (Å²) in [7, 11) is 1.82. The molecule has 0 aromatic carbocycles. The van der Waals surface area contributed by atoms with Gasteiger partial charge in [-0.3, -0.25) is 9.89 Å². The summed E-state index contributed by atoms with van der Waals surface area (Å²) in [4.78, 5) is 12.8. The van der Waals surface area contributed by atoms with Gasteiger partial charge < -0.3 is 15.1 Å². The molecule has 2 aromatic heterocycles. The Morgan fingerprint density at radius 2 is 2.11 bits per heavy atom. The van der Waals surface area contributed by atoms with Crippen LogP contribution < -0.4 is 10.6 Å². The van der Waals surface area contributed by atoms with Crippen LogP contribution in [-0.2, 0) is 6.42 Å². The number of aryl methyl sites for hydroxylation is 2. The van der Waals surface area contributed by atoms with E-state index >= 15 is 0 Å². The van der Waals surface area contributed by atoms with Gasteiger partial charge in [-0.05, 0) is 51.9 Å². The summed E-state index contributed by atoms with van der Waals surface area (Å²) in [6, 6.07) is 4.28. The molecule has 1 fully saturated rings. The standard InChI is InChI=1S/C20H31N5OS/c1-15-16(2)27-19(24-15)9-10-22-20(21-3)23-14-17(18-8-7-13-26-18)25-11-5-4-6-12-25/h7-8,13,17H,4-6,9-12,14H2,1-3H3,(H2,21,22,23). The summed E-state index contributed by atoms with van der Waals surface area (Å²) < 4.78 is 5.72. The van der Waals surface area contributed by atoms with E-state index < -0.39 is 0 Å². The fourth-order valence-corrected chi connectivity index (χ4v) is 4.40. The minimum Gasteiger partial charge on any atom is -0.468 e. The Kier molecular flexibility index (Phi) is 7.29. The van der Waals surface area contributed by atoms with Crippen LogP contribution in [-0.4, -0.2) is 49.1 Å². The fourth-order valence-electron chi connectivity index (χ4n) is 3.47. The number of nitrogens with zero attached hydrogens (tertiary/aromatic N) is 3. The molecule has 3 heterocycles. The number of nitrogens with one attached hydrogen (secondary N) is 2. The molecule has 6 nitrogen and oxygen atoms in total. The molecule has 0 bridgehead atoms.